The van der Waals surface area contributed by atoms with Gasteiger partial charge in [0.2, 0.25) is 10.0 Å². The van der Waals surface area contributed by atoms with Crippen molar-refractivity contribution in [1.29, 1.82) is 0 Å². The van der Waals surface area contributed by atoms with Crippen molar-refractivity contribution >= 4 is 21.8 Å². The highest BCUT2D eigenvalue weighted by Crippen LogP contribution is 2.35. The number of nitrogens with zero attached hydrogens (tertiary/aromatic N) is 2. The number of imidazole rings is 1. The Hall–Kier alpha value is -2.90. The molecule has 27 heavy (non-hydrogen) atoms. The maximum atomic E-state index is 12.2. The maximum absolute atomic E-state index is 12.2. The van der Waals surface area contributed by atoms with Gasteiger partial charge in [-0.15, -0.1) is 0 Å². The van der Waals surface area contributed by atoms with Gasteiger partial charge >= 0.3 is 0 Å². The summed E-state index contributed by atoms with van der Waals surface area (Å²) in [6.45, 7) is 0. The molecule has 0 fully saturated rings. The molecule has 2 N–H and O–H groups in total. The molecule has 0 spiro atoms. The summed E-state index contributed by atoms with van der Waals surface area (Å²) in [5.74, 6) is 0. The third-order valence-corrected chi connectivity index (χ3v) is 6.07. The summed E-state index contributed by atoms with van der Waals surface area (Å²) in [4.78, 5) is 4.61. The molecule has 7 heteroatoms. The minimum Gasteiger partial charge on any atom is -0.374 e. The standard InChI is InChI=1S/C20H20N4O2S/c1-21-27(25,26)15-8-10-19(17(11-15)20-12-24(2)13-22-20)23-18-9-7-14-5-3-4-6-16(14)18/h3-13,18,21,23H,1-2H3/t18-/m0/s1. The first-order chi connectivity index (χ1) is 13.0. The number of sulfonamides is 1. The molecule has 1 aromatic heterocycles. The Balaban J connectivity index is 1.78. The van der Waals surface area contributed by atoms with Gasteiger partial charge in [-0.3, -0.25) is 0 Å². The number of hydrogen-bond donors (Lipinski definition) is 2. The molecule has 4 rings (SSSR count). The monoisotopic (exact) mass is 380 g/mol. The van der Waals surface area contributed by atoms with Gasteiger partial charge in [-0.2, -0.15) is 0 Å². The van der Waals surface area contributed by atoms with Crippen LogP contribution in [0, 0.1) is 0 Å². The van der Waals surface area contributed by atoms with E-state index >= 15 is 0 Å². The topological polar surface area (TPSA) is 76.0 Å². The van der Waals surface area contributed by atoms with Gasteiger partial charge in [-0.25, -0.2) is 18.1 Å². The van der Waals surface area contributed by atoms with Crippen LogP contribution in [0.2, 0.25) is 0 Å². The lowest BCUT2D eigenvalue weighted by Crippen LogP contribution is -2.18. The molecule has 1 aliphatic carbocycles. The molecule has 1 aliphatic rings. The predicted molar refractivity (Wildman–Crippen MR) is 107 cm³/mol. The van der Waals surface area contributed by atoms with Crippen molar-refractivity contribution in [3.63, 3.8) is 0 Å². The first-order valence-corrected chi connectivity index (χ1v) is 10.1. The summed E-state index contributed by atoms with van der Waals surface area (Å²) in [5.41, 5.74) is 4.66. The Bertz CT molecular complexity index is 1130. The van der Waals surface area contributed by atoms with Crippen LogP contribution in [0.4, 0.5) is 5.69 Å². The Morgan fingerprint density at radius 1 is 1.15 bits per heavy atom. The van der Waals surface area contributed by atoms with Gasteiger partial charge in [0.25, 0.3) is 0 Å². The molecule has 1 heterocycles. The first kappa shape index (κ1) is 17.5. The SMILES string of the molecule is CNS(=O)(=O)c1ccc(N[C@H]2C=Cc3ccccc32)c(-c2cn(C)cn2)c1. The van der Waals surface area contributed by atoms with Gasteiger partial charge in [-0.1, -0.05) is 36.4 Å². The van der Waals surface area contributed by atoms with Crippen LogP contribution >= 0.6 is 0 Å². The van der Waals surface area contributed by atoms with Crippen LogP contribution in [0.5, 0.6) is 0 Å². The molecule has 0 radical (unpaired) electrons. The van der Waals surface area contributed by atoms with E-state index in [0.717, 1.165) is 11.3 Å². The Morgan fingerprint density at radius 3 is 2.70 bits per heavy atom. The second kappa shape index (κ2) is 6.68. The zero-order valence-corrected chi connectivity index (χ0v) is 15.9. The molecule has 6 nitrogen and oxygen atoms in total. The van der Waals surface area contributed by atoms with Crippen LogP contribution in [0.15, 0.2) is 66.0 Å². The van der Waals surface area contributed by atoms with E-state index in [4.69, 9.17) is 0 Å². The van der Waals surface area contributed by atoms with Crippen LogP contribution in [0.3, 0.4) is 0 Å². The van der Waals surface area contributed by atoms with Crippen molar-refractivity contribution in [1.82, 2.24) is 14.3 Å². The highest BCUT2D eigenvalue weighted by molar-refractivity contribution is 7.89. The van der Waals surface area contributed by atoms with Crippen molar-refractivity contribution in [3.05, 3.63) is 72.2 Å². The number of anilines is 1. The van der Waals surface area contributed by atoms with Gasteiger partial charge in [-0.05, 0) is 36.4 Å². The van der Waals surface area contributed by atoms with Crippen molar-refractivity contribution in [3.8, 4) is 11.3 Å². The molecule has 0 saturated heterocycles. The summed E-state index contributed by atoms with van der Waals surface area (Å²) in [6.07, 6.45) is 7.76. The second-order valence-electron chi connectivity index (χ2n) is 6.45. The normalized spacial score (nSPS) is 15.7. The minimum absolute atomic E-state index is 0.0235. The smallest absolute Gasteiger partial charge is 0.240 e. The number of aromatic nitrogens is 2. The Labute approximate surface area is 158 Å². The molecular weight excluding hydrogens is 360 g/mol. The first-order valence-electron chi connectivity index (χ1n) is 8.57. The number of fused-ring (bicyclic) bond motifs is 1. The molecular formula is C20H20N4O2S. The summed E-state index contributed by atoms with van der Waals surface area (Å²) < 4.78 is 28.7. The number of aryl methyl sites for hydroxylation is 1. The molecule has 0 amide bonds. The van der Waals surface area contributed by atoms with E-state index in [1.807, 2.05) is 29.9 Å². The largest absolute Gasteiger partial charge is 0.374 e. The van der Waals surface area contributed by atoms with Crippen molar-refractivity contribution in [2.75, 3.05) is 12.4 Å². The van der Waals surface area contributed by atoms with Crippen molar-refractivity contribution < 1.29 is 8.42 Å². The molecule has 0 aliphatic heterocycles. The van der Waals surface area contributed by atoms with E-state index in [0.29, 0.717) is 5.69 Å². The van der Waals surface area contributed by atoms with E-state index < -0.39 is 10.0 Å². The van der Waals surface area contributed by atoms with Crippen LogP contribution in [0.1, 0.15) is 17.2 Å². The lowest BCUT2D eigenvalue weighted by Gasteiger charge is -2.18. The van der Waals surface area contributed by atoms with Gasteiger partial charge in [0.1, 0.15) is 0 Å². The summed E-state index contributed by atoms with van der Waals surface area (Å²) in [7, 11) is -0.253. The predicted octanol–water partition coefficient (Wildman–Crippen LogP) is 3.18. The minimum atomic E-state index is -3.54. The van der Waals surface area contributed by atoms with E-state index in [1.165, 1.54) is 18.2 Å². The quantitative estimate of drug-likeness (QED) is 0.713. The van der Waals surface area contributed by atoms with Crippen molar-refractivity contribution in [2.24, 2.45) is 7.05 Å². The number of rotatable bonds is 5. The second-order valence-corrected chi connectivity index (χ2v) is 8.34. The molecule has 0 saturated carbocycles. The number of nitrogens with one attached hydrogen (secondary N) is 2. The fraction of sp³-hybridized carbons (Fsp3) is 0.150. The van der Waals surface area contributed by atoms with E-state index in [-0.39, 0.29) is 10.9 Å². The molecule has 1 atom stereocenters. The molecule has 0 bridgehead atoms. The van der Waals surface area contributed by atoms with Gasteiger partial charge in [0.05, 0.1) is 23.0 Å². The fourth-order valence-corrected chi connectivity index (χ4v) is 4.00. The van der Waals surface area contributed by atoms with Gasteiger partial charge in [0, 0.05) is 24.5 Å². The summed E-state index contributed by atoms with van der Waals surface area (Å²) in [6, 6.07) is 13.3. The zero-order valence-electron chi connectivity index (χ0n) is 15.0. The van der Waals surface area contributed by atoms with E-state index in [9.17, 15) is 8.42 Å². The Morgan fingerprint density at radius 2 is 1.96 bits per heavy atom. The summed E-state index contributed by atoms with van der Waals surface area (Å²) in [5, 5.41) is 3.52. The van der Waals surface area contributed by atoms with E-state index in [2.05, 4.69) is 39.3 Å². The van der Waals surface area contributed by atoms with E-state index in [1.54, 1.807) is 24.5 Å². The fourth-order valence-electron chi connectivity index (χ4n) is 3.24. The van der Waals surface area contributed by atoms with Crippen LogP contribution in [0.25, 0.3) is 17.3 Å². The zero-order chi connectivity index (χ0) is 19.0. The van der Waals surface area contributed by atoms with Gasteiger partial charge < -0.3 is 9.88 Å². The number of benzene rings is 2. The average molecular weight is 380 g/mol. The Kier molecular flexibility index (Phi) is 4.33. The van der Waals surface area contributed by atoms with Crippen LogP contribution < -0.4 is 10.0 Å². The summed E-state index contributed by atoms with van der Waals surface area (Å²) >= 11 is 0. The maximum Gasteiger partial charge on any atom is 0.240 e. The molecule has 3 aromatic rings. The lowest BCUT2D eigenvalue weighted by atomic mass is 10.1. The van der Waals surface area contributed by atoms with Crippen LogP contribution in [-0.2, 0) is 17.1 Å². The van der Waals surface area contributed by atoms with Gasteiger partial charge in [0.15, 0.2) is 0 Å². The molecule has 0 unspecified atom stereocenters. The lowest BCUT2D eigenvalue weighted by molar-refractivity contribution is 0.588. The highest BCUT2D eigenvalue weighted by Gasteiger charge is 2.20. The van der Waals surface area contributed by atoms with Crippen LogP contribution in [-0.4, -0.2) is 25.0 Å². The third kappa shape index (κ3) is 3.27. The molecule has 138 valence electrons. The third-order valence-electron chi connectivity index (χ3n) is 4.66. The average Bonchev–Trinajstić information content (AvgIpc) is 3.28. The molecule has 2 aromatic carbocycles. The number of hydrogen-bond acceptors (Lipinski definition) is 4. The highest BCUT2D eigenvalue weighted by atomic mass is 32.2. The van der Waals surface area contributed by atoms with Crippen molar-refractivity contribution in [2.45, 2.75) is 10.9 Å².